The first-order valence-electron chi connectivity index (χ1n) is 7.21. The molecule has 21 heavy (non-hydrogen) atoms. The predicted molar refractivity (Wildman–Crippen MR) is 83.9 cm³/mol. The highest BCUT2D eigenvalue weighted by molar-refractivity contribution is 5.77. The summed E-state index contributed by atoms with van der Waals surface area (Å²) >= 11 is 0. The van der Waals surface area contributed by atoms with Crippen molar-refractivity contribution in [2.24, 2.45) is 0 Å². The van der Waals surface area contributed by atoms with Crippen molar-refractivity contribution in [3.05, 3.63) is 71.8 Å². The van der Waals surface area contributed by atoms with Crippen LogP contribution in [-0.2, 0) is 4.79 Å². The monoisotopic (exact) mass is 283 g/mol. The van der Waals surface area contributed by atoms with E-state index in [9.17, 15) is 9.90 Å². The first-order valence-corrected chi connectivity index (χ1v) is 7.21. The van der Waals surface area contributed by atoms with Gasteiger partial charge in [0.2, 0.25) is 5.91 Å². The van der Waals surface area contributed by atoms with Crippen molar-refractivity contribution in [1.82, 2.24) is 5.32 Å². The number of amides is 1. The smallest absolute Gasteiger partial charge is 0.221 e. The topological polar surface area (TPSA) is 49.3 Å². The molecule has 0 aliphatic carbocycles. The Hall–Kier alpha value is -2.13. The Kier molecular flexibility index (Phi) is 5.52. The van der Waals surface area contributed by atoms with Crippen molar-refractivity contribution in [3.63, 3.8) is 0 Å². The van der Waals surface area contributed by atoms with Gasteiger partial charge in [0, 0.05) is 6.42 Å². The van der Waals surface area contributed by atoms with Gasteiger partial charge < -0.3 is 10.4 Å². The number of carbonyl (C=O) groups is 1. The van der Waals surface area contributed by atoms with E-state index < -0.39 is 0 Å². The molecule has 0 saturated heterocycles. The van der Waals surface area contributed by atoms with Crippen molar-refractivity contribution in [1.29, 1.82) is 0 Å². The molecule has 2 aromatic rings. The summed E-state index contributed by atoms with van der Waals surface area (Å²) < 4.78 is 0. The molecule has 0 bridgehead atoms. The molecule has 0 radical (unpaired) electrons. The van der Waals surface area contributed by atoms with Crippen LogP contribution < -0.4 is 5.32 Å². The minimum Gasteiger partial charge on any atom is -0.394 e. The quantitative estimate of drug-likeness (QED) is 0.856. The van der Waals surface area contributed by atoms with Gasteiger partial charge in [-0.15, -0.1) is 0 Å². The van der Waals surface area contributed by atoms with Gasteiger partial charge in [0.1, 0.15) is 0 Å². The molecule has 0 fully saturated rings. The van der Waals surface area contributed by atoms with Crippen molar-refractivity contribution in [3.8, 4) is 0 Å². The van der Waals surface area contributed by atoms with Crippen LogP contribution in [-0.4, -0.2) is 17.6 Å². The highest BCUT2D eigenvalue weighted by Crippen LogP contribution is 2.19. The van der Waals surface area contributed by atoms with Crippen molar-refractivity contribution in [2.45, 2.75) is 25.3 Å². The van der Waals surface area contributed by atoms with Crippen LogP contribution >= 0.6 is 0 Å². The van der Waals surface area contributed by atoms with Gasteiger partial charge in [-0.3, -0.25) is 4.79 Å². The Morgan fingerprint density at radius 1 is 1.00 bits per heavy atom. The van der Waals surface area contributed by atoms with Gasteiger partial charge in [0.05, 0.1) is 12.6 Å². The van der Waals surface area contributed by atoms with E-state index in [2.05, 4.69) is 5.32 Å². The minimum absolute atomic E-state index is 0.0470. The molecule has 1 amide bonds. The summed E-state index contributed by atoms with van der Waals surface area (Å²) in [7, 11) is 0. The highest BCUT2D eigenvalue weighted by Gasteiger charge is 2.16. The maximum atomic E-state index is 12.1. The fourth-order valence-corrected chi connectivity index (χ4v) is 2.35. The summed E-state index contributed by atoms with van der Waals surface area (Å²) in [6, 6.07) is 19.1. The first kappa shape index (κ1) is 15.3. The fraction of sp³-hybridized carbons (Fsp3) is 0.278. The van der Waals surface area contributed by atoms with E-state index in [1.807, 2.05) is 67.6 Å². The molecular weight excluding hydrogens is 262 g/mol. The average molecular weight is 283 g/mol. The SMILES string of the molecule is C[C@H](CC(=O)N[C@H](CO)c1ccccc1)c1ccccc1. The number of hydrogen-bond donors (Lipinski definition) is 2. The maximum absolute atomic E-state index is 12.1. The van der Waals surface area contributed by atoms with Crippen LogP contribution in [0.1, 0.15) is 36.4 Å². The highest BCUT2D eigenvalue weighted by atomic mass is 16.3. The van der Waals surface area contributed by atoms with Crippen LogP contribution in [0.4, 0.5) is 0 Å². The van der Waals surface area contributed by atoms with Crippen LogP contribution in [0.15, 0.2) is 60.7 Å². The summed E-state index contributed by atoms with van der Waals surface area (Å²) in [5, 5.41) is 12.4. The van der Waals surface area contributed by atoms with E-state index >= 15 is 0 Å². The largest absolute Gasteiger partial charge is 0.394 e. The third-order valence-electron chi connectivity index (χ3n) is 3.58. The van der Waals surface area contributed by atoms with Crippen LogP contribution in [0, 0.1) is 0 Å². The lowest BCUT2D eigenvalue weighted by molar-refractivity contribution is -0.122. The number of rotatable bonds is 6. The molecule has 2 aromatic carbocycles. The van der Waals surface area contributed by atoms with Crippen molar-refractivity contribution >= 4 is 5.91 Å². The van der Waals surface area contributed by atoms with Crippen molar-refractivity contribution < 1.29 is 9.90 Å². The summed E-state index contributed by atoms with van der Waals surface area (Å²) in [6.45, 7) is 1.93. The summed E-state index contributed by atoms with van der Waals surface area (Å²) in [5.41, 5.74) is 2.06. The van der Waals surface area contributed by atoms with E-state index in [-0.39, 0.29) is 24.5 Å². The third kappa shape index (κ3) is 4.43. The lowest BCUT2D eigenvalue weighted by Gasteiger charge is -2.18. The van der Waals surface area contributed by atoms with Gasteiger partial charge in [0.15, 0.2) is 0 Å². The van der Waals surface area contributed by atoms with Crippen LogP contribution in [0.3, 0.4) is 0 Å². The van der Waals surface area contributed by atoms with E-state index in [0.717, 1.165) is 11.1 Å². The molecule has 110 valence electrons. The van der Waals surface area contributed by atoms with Gasteiger partial charge in [0.25, 0.3) is 0 Å². The maximum Gasteiger partial charge on any atom is 0.221 e. The number of aliphatic hydroxyl groups excluding tert-OH is 1. The van der Waals surface area contributed by atoms with Gasteiger partial charge in [-0.25, -0.2) is 0 Å². The number of nitrogens with one attached hydrogen (secondary N) is 1. The minimum atomic E-state index is -0.346. The fourth-order valence-electron chi connectivity index (χ4n) is 2.35. The van der Waals surface area contributed by atoms with Gasteiger partial charge >= 0.3 is 0 Å². The Morgan fingerprint density at radius 2 is 1.52 bits per heavy atom. The number of benzene rings is 2. The number of aliphatic hydroxyl groups is 1. The standard InChI is InChI=1S/C18H21NO2/c1-14(15-8-4-2-5-9-15)12-18(21)19-17(13-20)16-10-6-3-7-11-16/h2-11,14,17,20H,12-13H2,1H3,(H,19,21)/t14-,17-/m1/s1. The molecule has 2 N–H and O–H groups in total. The Bertz CT molecular complexity index is 554. The van der Waals surface area contributed by atoms with Crippen molar-refractivity contribution in [2.75, 3.05) is 6.61 Å². The van der Waals surface area contributed by atoms with Gasteiger partial charge in [-0.05, 0) is 17.0 Å². The lowest BCUT2D eigenvalue weighted by Crippen LogP contribution is -2.31. The summed E-state index contributed by atoms with van der Waals surface area (Å²) in [5.74, 6) is 0.107. The normalized spacial score (nSPS) is 13.4. The van der Waals surface area contributed by atoms with E-state index in [0.29, 0.717) is 6.42 Å². The molecule has 0 spiro atoms. The average Bonchev–Trinajstić information content (AvgIpc) is 2.54. The second kappa shape index (κ2) is 7.60. The Balaban J connectivity index is 1.94. The molecule has 0 aliphatic rings. The molecule has 2 rings (SSSR count). The molecule has 0 aromatic heterocycles. The molecule has 2 atom stereocenters. The van der Waals surface area contributed by atoms with E-state index in [1.165, 1.54) is 0 Å². The summed E-state index contributed by atoms with van der Waals surface area (Å²) in [4.78, 5) is 12.1. The zero-order valence-corrected chi connectivity index (χ0v) is 12.2. The Morgan fingerprint density at radius 3 is 2.05 bits per heavy atom. The molecule has 0 saturated carbocycles. The number of hydrogen-bond acceptors (Lipinski definition) is 2. The Labute approximate surface area is 125 Å². The first-order chi connectivity index (χ1) is 10.2. The molecule has 0 unspecified atom stereocenters. The summed E-state index contributed by atoms with van der Waals surface area (Å²) in [6.07, 6.45) is 0.410. The van der Waals surface area contributed by atoms with Crippen LogP contribution in [0.25, 0.3) is 0 Å². The molecule has 0 heterocycles. The molecule has 0 aliphatic heterocycles. The van der Waals surface area contributed by atoms with Crippen LogP contribution in [0.5, 0.6) is 0 Å². The van der Waals surface area contributed by atoms with Crippen LogP contribution in [0.2, 0.25) is 0 Å². The second-order valence-corrected chi connectivity index (χ2v) is 5.23. The van der Waals surface area contributed by atoms with E-state index in [4.69, 9.17) is 0 Å². The van der Waals surface area contributed by atoms with E-state index in [1.54, 1.807) is 0 Å². The zero-order valence-electron chi connectivity index (χ0n) is 12.2. The second-order valence-electron chi connectivity index (χ2n) is 5.23. The molecule has 3 nitrogen and oxygen atoms in total. The third-order valence-corrected chi connectivity index (χ3v) is 3.58. The zero-order chi connectivity index (χ0) is 15.1. The van der Waals surface area contributed by atoms with Gasteiger partial charge in [-0.1, -0.05) is 67.6 Å². The lowest BCUT2D eigenvalue weighted by atomic mass is 9.97. The molecule has 3 heteroatoms. The van der Waals surface area contributed by atoms with Gasteiger partial charge in [-0.2, -0.15) is 0 Å². The number of carbonyl (C=O) groups excluding carboxylic acids is 1. The molecular formula is C18H21NO2. The predicted octanol–water partition coefficient (Wildman–Crippen LogP) is 3.03.